The van der Waals surface area contributed by atoms with Crippen LogP contribution in [0.15, 0.2) is 60.7 Å². The second kappa shape index (κ2) is 10.2. The van der Waals surface area contributed by atoms with Crippen LogP contribution < -0.4 is 25.4 Å². The van der Waals surface area contributed by atoms with Crippen LogP contribution in [0.2, 0.25) is 0 Å². The van der Waals surface area contributed by atoms with E-state index in [0.29, 0.717) is 34.0 Å². The molecule has 0 saturated heterocycles. The number of aryl methyl sites for hydroxylation is 1. The lowest BCUT2D eigenvalue weighted by Gasteiger charge is -2.14. The summed E-state index contributed by atoms with van der Waals surface area (Å²) in [6, 6.07) is 15.8. The molecule has 0 bridgehead atoms. The van der Waals surface area contributed by atoms with Crippen molar-refractivity contribution in [1.29, 1.82) is 5.41 Å². The third kappa shape index (κ3) is 5.79. The number of phenolic OH excluding ortho intramolecular Hbond substituents is 1. The molecule has 0 fully saturated rings. The number of carbonyl (C=O) groups excluding carboxylic acids is 2. The number of aromatic hydroxyl groups is 1. The van der Waals surface area contributed by atoms with E-state index in [1.54, 1.807) is 37.3 Å². The molecule has 9 nitrogen and oxygen atoms in total. The minimum absolute atomic E-state index is 0.0709. The standard InChI is InChI=1S/C24H24N4O5/c1-14-11-16(12-20(32-2)21(14)33-3)23(31)28-24(25)27-18-6-4-5-17(13-18)26-22(30)15-7-9-19(29)10-8-15/h4-13,29H,1-3H3,(H,26,30)(H3,25,27,28,31). The molecule has 0 heterocycles. The molecule has 3 aromatic carbocycles. The minimum atomic E-state index is -0.492. The number of ether oxygens (including phenoxy) is 2. The molecule has 2 amide bonds. The summed E-state index contributed by atoms with van der Waals surface area (Å²) in [5.74, 6) is -0.0590. The summed E-state index contributed by atoms with van der Waals surface area (Å²) in [5.41, 5.74) is 2.40. The van der Waals surface area contributed by atoms with Gasteiger partial charge in [0.1, 0.15) is 5.75 Å². The number of anilines is 2. The topological polar surface area (TPSA) is 133 Å². The first-order valence-corrected chi connectivity index (χ1v) is 9.90. The Hall–Kier alpha value is -4.53. The van der Waals surface area contributed by atoms with E-state index in [1.807, 2.05) is 0 Å². The first-order valence-electron chi connectivity index (χ1n) is 9.90. The molecule has 33 heavy (non-hydrogen) atoms. The van der Waals surface area contributed by atoms with Gasteiger partial charge in [0.25, 0.3) is 11.8 Å². The first-order chi connectivity index (χ1) is 15.8. The summed E-state index contributed by atoms with van der Waals surface area (Å²) in [7, 11) is 3.00. The molecule has 0 atom stereocenters. The maximum absolute atomic E-state index is 12.6. The molecule has 0 unspecified atom stereocenters. The van der Waals surface area contributed by atoms with Crippen molar-refractivity contribution in [3.8, 4) is 17.2 Å². The lowest BCUT2D eigenvalue weighted by Crippen LogP contribution is -2.35. The van der Waals surface area contributed by atoms with Crippen LogP contribution in [0.1, 0.15) is 26.3 Å². The van der Waals surface area contributed by atoms with Gasteiger partial charge in [-0.05, 0) is 67.1 Å². The third-order valence-corrected chi connectivity index (χ3v) is 4.68. The second-order valence-electron chi connectivity index (χ2n) is 7.06. The van der Waals surface area contributed by atoms with Gasteiger partial charge in [0, 0.05) is 22.5 Å². The number of phenols is 1. The van der Waals surface area contributed by atoms with Crippen molar-refractivity contribution < 1.29 is 24.2 Å². The van der Waals surface area contributed by atoms with Crippen LogP contribution in [0.25, 0.3) is 0 Å². The van der Waals surface area contributed by atoms with Crippen molar-refractivity contribution in [2.45, 2.75) is 6.92 Å². The fourth-order valence-corrected chi connectivity index (χ4v) is 3.14. The number of nitrogens with one attached hydrogen (secondary N) is 4. The monoisotopic (exact) mass is 448 g/mol. The van der Waals surface area contributed by atoms with E-state index in [4.69, 9.17) is 14.9 Å². The lowest BCUT2D eigenvalue weighted by molar-refractivity contribution is 0.0975. The van der Waals surface area contributed by atoms with Crippen LogP contribution in [0, 0.1) is 12.3 Å². The van der Waals surface area contributed by atoms with E-state index in [0.717, 1.165) is 5.56 Å². The average Bonchev–Trinajstić information content (AvgIpc) is 2.78. The fourth-order valence-electron chi connectivity index (χ4n) is 3.14. The smallest absolute Gasteiger partial charge is 0.258 e. The zero-order valence-electron chi connectivity index (χ0n) is 18.4. The maximum Gasteiger partial charge on any atom is 0.258 e. The van der Waals surface area contributed by atoms with E-state index in [2.05, 4.69) is 16.0 Å². The Morgan fingerprint density at radius 2 is 1.52 bits per heavy atom. The third-order valence-electron chi connectivity index (χ3n) is 4.68. The SMILES string of the molecule is COc1cc(C(=O)NC(=N)Nc2cccc(NC(=O)c3ccc(O)cc3)c2)cc(C)c1OC. The zero-order chi connectivity index (χ0) is 24.0. The first kappa shape index (κ1) is 23.1. The largest absolute Gasteiger partial charge is 0.508 e. The summed E-state index contributed by atoms with van der Waals surface area (Å²) < 4.78 is 10.6. The summed E-state index contributed by atoms with van der Waals surface area (Å²) in [5, 5.41) is 25.4. The van der Waals surface area contributed by atoms with Crippen molar-refractivity contribution >= 4 is 29.1 Å². The fraction of sp³-hybridized carbons (Fsp3) is 0.125. The average molecular weight is 448 g/mol. The molecule has 3 aromatic rings. The normalized spacial score (nSPS) is 10.2. The van der Waals surface area contributed by atoms with Crippen LogP contribution in [-0.4, -0.2) is 37.1 Å². The van der Waals surface area contributed by atoms with Gasteiger partial charge in [0.05, 0.1) is 14.2 Å². The molecule has 0 spiro atoms. The number of hydrogen-bond donors (Lipinski definition) is 5. The molecule has 0 aromatic heterocycles. The molecule has 0 aliphatic rings. The van der Waals surface area contributed by atoms with Crippen molar-refractivity contribution in [3.05, 3.63) is 77.4 Å². The summed E-state index contributed by atoms with van der Waals surface area (Å²) >= 11 is 0. The van der Waals surface area contributed by atoms with Gasteiger partial charge in [-0.1, -0.05) is 6.07 Å². The van der Waals surface area contributed by atoms with Crippen LogP contribution in [0.4, 0.5) is 11.4 Å². The Kier molecular flexibility index (Phi) is 7.14. The highest BCUT2D eigenvalue weighted by Crippen LogP contribution is 2.32. The molecule has 3 rings (SSSR count). The van der Waals surface area contributed by atoms with Crippen LogP contribution in [0.5, 0.6) is 17.2 Å². The summed E-state index contributed by atoms with van der Waals surface area (Å²) in [4.78, 5) is 25.0. The number of benzene rings is 3. The van der Waals surface area contributed by atoms with Crippen molar-refractivity contribution in [3.63, 3.8) is 0 Å². The molecule has 5 N–H and O–H groups in total. The van der Waals surface area contributed by atoms with Gasteiger partial charge in [-0.3, -0.25) is 20.3 Å². The molecule has 0 aliphatic heterocycles. The van der Waals surface area contributed by atoms with E-state index in [-0.39, 0.29) is 17.6 Å². The highest BCUT2D eigenvalue weighted by Gasteiger charge is 2.15. The molecule has 0 aliphatic carbocycles. The highest BCUT2D eigenvalue weighted by atomic mass is 16.5. The molecule has 9 heteroatoms. The molecular formula is C24H24N4O5. The van der Waals surface area contributed by atoms with Gasteiger partial charge in [-0.25, -0.2) is 0 Å². The van der Waals surface area contributed by atoms with E-state index in [9.17, 15) is 14.7 Å². The quantitative estimate of drug-likeness (QED) is 0.288. The number of carbonyl (C=O) groups is 2. The number of hydrogen-bond acceptors (Lipinski definition) is 6. The number of guanidine groups is 1. The van der Waals surface area contributed by atoms with E-state index < -0.39 is 5.91 Å². The predicted octanol–water partition coefficient (Wildman–Crippen LogP) is 3.75. The van der Waals surface area contributed by atoms with Gasteiger partial charge in [-0.15, -0.1) is 0 Å². The number of rotatable bonds is 6. The van der Waals surface area contributed by atoms with Crippen LogP contribution in [0.3, 0.4) is 0 Å². The van der Waals surface area contributed by atoms with Gasteiger partial charge in [0.2, 0.25) is 0 Å². The molecule has 0 saturated carbocycles. The molecule has 170 valence electrons. The van der Waals surface area contributed by atoms with E-state index in [1.165, 1.54) is 44.6 Å². The van der Waals surface area contributed by atoms with Crippen molar-refractivity contribution in [2.75, 3.05) is 24.9 Å². The zero-order valence-corrected chi connectivity index (χ0v) is 18.4. The van der Waals surface area contributed by atoms with Crippen molar-refractivity contribution in [2.24, 2.45) is 0 Å². The van der Waals surface area contributed by atoms with Gasteiger partial charge < -0.3 is 25.2 Å². The Balaban J connectivity index is 1.65. The Bertz CT molecular complexity index is 1190. The lowest BCUT2D eigenvalue weighted by atomic mass is 10.1. The highest BCUT2D eigenvalue weighted by molar-refractivity contribution is 6.09. The minimum Gasteiger partial charge on any atom is -0.508 e. The molecular weight excluding hydrogens is 424 g/mol. The van der Waals surface area contributed by atoms with Gasteiger partial charge in [0.15, 0.2) is 17.5 Å². The number of amides is 2. The van der Waals surface area contributed by atoms with Crippen LogP contribution in [-0.2, 0) is 0 Å². The van der Waals surface area contributed by atoms with Crippen molar-refractivity contribution in [1.82, 2.24) is 5.32 Å². The Morgan fingerprint density at radius 3 is 2.15 bits per heavy atom. The second-order valence-corrected chi connectivity index (χ2v) is 7.06. The summed E-state index contributed by atoms with van der Waals surface area (Å²) in [6.45, 7) is 1.79. The Morgan fingerprint density at radius 1 is 0.848 bits per heavy atom. The van der Waals surface area contributed by atoms with Gasteiger partial charge in [-0.2, -0.15) is 0 Å². The number of methoxy groups -OCH3 is 2. The predicted molar refractivity (Wildman–Crippen MR) is 126 cm³/mol. The maximum atomic E-state index is 12.6. The summed E-state index contributed by atoms with van der Waals surface area (Å²) in [6.07, 6.45) is 0. The molecule has 0 radical (unpaired) electrons. The van der Waals surface area contributed by atoms with Gasteiger partial charge >= 0.3 is 0 Å². The van der Waals surface area contributed by atoms with E-state index >= 15 is 0 Å². The van der Waals surface area contributed by atoms with Crippen LogP contribution >= 0.6 is 0 Å². The Labute approximate surface area is 190 Å².